The Balaban J connectivity index is 1.63. The normalized spacial score (nSPS) is 11.8. The lowest BCUT2D eigenvalue weighted by Crippen LogP contribution is -2.26. The molecule has 3 aromatic heterocycles. The van der Waals surface area contributed by atoms with Gasteiger partial charge in [0.1, 0.15) is 4.90 Å². The molecule has 0 unspecified atom stereocenters. The van der Waals surface area contributed by atoms with E-state index in [1.165, 1.54) is 29.8 Å². The molecule has 9 heteroatoms. The Morgan fingerprint density at radius 3 is 2.83 bits per heavy atom. The third kappa shape index (κ3) is 3.69. The van der Waals surface area contributed by atoms with Crippen LogP contribution in [0.4, 0.5) is 0 Å². The van der Waals surface area contributed by atoms with Crippen molar-refractivity contribution in [2.75, 3.05) is 6.54 Å². The Kier molecular flexibility index (Phi) is 4.74. The van der Waals surface area contributed by atoms with Crippen molar-refractivity contribution in [3.05, 3.63) is 53.1 Å². The Hall–Kier alpha value is -2.10. The smallest absolute Gasteiger partial charge is 0.242 e. The lowest BCUT2D eigenvalue weighted by molar-refractivity contribution is 0.581. The molecule has 0 amide bonds. The maximum absolute atomic E-state index is 12.1. The van der Waals surface area contributed by atoms with Crippen LogP contribution in [-0.4, -0.2) is 34.7 Å². The lowest BCUT2D eigenvalue weighted by atomic mass is 10.3. The number of aromatic nitrogens is 4. The van der Waals surface area contributed by atoms with Crippen LogP contribution in [0.25, 0.3) is 5.13 Å². The van der Waals surface area contributed by atoms with Crippen LogP contribution in [-0.2, 0) is 16.4 Å². The van der Waals surface area contributed by atoms with Crippen molar-refractivity contribution in [2.45, 2.75) is 25.2 Å². The zero-order valence-corrected chi connectivity index (χ0v) is 14.9. The minimum Gasteiger partial charge on any atom is -0.263 e. The molecule has 0 fully saturated rings. The van der Waals surface area contributed by atoms with Crippen LogP contribution in [0.2, 0.25) is 0 Å². The van der Waals surface area contributed by atoms with Gasteiger partial charge < -0.3 is 0 Å². The van der Waals surface area contributed by atoms with E-state index < -0.39 is 10.0 Å². The molecule has 0 aliphatic carbocycles. The predicted octanol–water partition coefficient (Wildman–Crippen LogP) is 1.86. The summed E-state index contributed by atoms with van der Waals surface area (Å²) in [4.78, 5) is 8.50. The molecule has 3 heterocycles. The van der Waals surface area contributed by atoms with Gasteiger partial charge in [0.05, 0.1) is 11.4 Å². The van der Waals surface area contributed by atoms with Crippen molar-refractivity contribution in [1.29, 1.82) is 0 Å². The average molecular weight is 363 g/mol. The van der Waals surface area contributed by atoms with Crippen molar-refractivity contribution < 1.29 is 8.42 Å². The van der Waals surface area contributed by atoms with E-state index in [1.807, 2.05) is 25.3 Å². The van der Waals surface area contributed by atoms with Crippen molar-refractivity contribution in [3.8, 4) is 5.13 Å². The molecule has 3 rings (SSSR count). The molecule has 0 aromatic carbocycles. The maximum Gasteiger partial charge on any atom is 0.242 e. The molecular formula is C15H17N5O2S2. The number of rotatable bonds is 6. The van der Waals surface area contributed by atoms with E-state index in [0.29, 0.717) is 6.42 Å². The van der Waals surface area contributed by atoms with Crippen molar-refractivity contribution in [1.82, 2.24) is 24.5 Å². The largest absolute Gasteiger partial charge is 0.263 e. The van der Waals surface area contributed by atoms with E-state index in [9.17, 15) is 8.42 Å². The second-order valence-corrected chi connectivity index (χ2v) is 7.90. The first-order valence-electron chi connectivity index (χ1n) is 7.33. The van der Waals surface area contributed by atoms with Gasteiger partial charge in [-0.1, -0.05) is 0 Å². The first-order chi connectivity index (χ1) is 11.5. The molecule has 0 saturated carbocycles. The summed E-state index contributed by atoms with van der Waals surface area (Å²) in [7, 11) is -3.53. The molecular weight excluding hydrogens is 346 g/mol. The molecule has 24 heavy (non-hydrogen) atoms. The molecule has 7 nitrogen and oxygen atoms in total. The molecule has 0 aliphatic heterocycles. The van der Waals surface area contributed by atoms with Crippen LogP contribution in [0.5, 0.6) is 0 Å². The summed E-state index contributed by atoms with van der Waals surface area (Å²) in [6.45, 7) is 4.19. The summed E-state index contributed by atoms with van der Waals surface area (Å²) in [5, 5.41) is 7.10. The van der Waals surface area contributed by atoms with Gasteiger partial charge in [0, 0.05) is 36.4 Å². The standard InChI is InChI=1S/C15H17N5O2S2/c1-11-8-12(2)20(19-11)15-18-13(10-23-15)5-7-17-24(21,22)14-4-3-6-16-9-14/h3-4,6,8-10,17H,5,7H2,1-2H3. The highest BCUT2D eigenvalue weighted by molar-refractivity contribution is 7.89. The van der Waals surface area contributed by atoms with Crippen molar-refractivity contribution in [3.63, 3.8) is 0 Å². The lowest BCUT2D eigenvalue weighted by Gasteiger charge is -2.05. The highest BCUT2D eigenvalue weighted by atomic mass is 32.2. The molecule has 0 aliphatic rings. The number of thiazole rings is 1. The van der Waals surface area contributed by atoms with Gasteiger partial charge in [0.15, 0.2) is 0 Å². The zero-order valence-electron chi connectivity index (χ0n) is 13.3. The number of aryl methyl sites for hydroxylation is 2. The summed E-state index contributed by atoms with van der Waals surface area (Å²) in [6.07, 6.45) is 3.37. The van der Waals surface area contributed by atoms with Crippen LogP contribution in [0.15, 0.2) is 40.9 Å². The Labute approximate surface area is 144 Å². The number of nitrogens with zero attached hydrogens (tertiary/aromatic N) is 4. The fourth-order valence-corrected chi connectivity index (χ4v) is 4.10. The third-order valence-electron chi connectivity index (χ3n) is 3.35. The van der Waals surface area contributed by atoms with Crippen LogP contribution >= 0.6 is 11.3 Å². The molecule has 1 N–H and O–H groups in total. The SMILES string of the molecule is Cc1cc(C)n(-c2nc(CCNS(=O)(=O)c3cccnc3)cs2)n1. The molecule has 126 valence electrons. The van der Waals surface area contributed by atoms with Gasteiger partial charge >= 0.3 is 0 Å². The molecule has 0 radical (unpaired) electrons. The number of nitrogens with one attached hydrogen (secondary N) is 1. The summed E-state index contributed by atoms with van der Waals surface area (Å²) < 4.78 is 28.6. The second kappa shape index (κ2) is 6.80. The highest BCUT2D eigenvalue weighted by Gasteiger charge is 2.14. The van der Waals surface area contributed by atoms with E-state index in [0.717, 1.165) is 22.2 Å². The maximum atomic E-state index is 12.1. The van der Waals surface area contributed by atoms with E-state index in [2.05, 4.69) is 19.8 Å². The van der Waals surface area contributed by atoms with Gasteiger partial charge in [0.25, 0.3) is 0 Å². The van der Waals surface area contributed by atoms with E-state index >= 15 is 0 Å². The minimum absolute atomic E-state index is 0.159. The topological polar surface area (TPSA) is 89.8 Å². The number of sulfonamides is 1. The number of hydrogen-bond donors (Lipinski definition) is 1. The third-order valence-corrected chi connectivity index (χ3v) is 5.66. The quantitative estimate of drug-likeness (QED) is 0.722. The Bertz CT molecular complexity index is 932. The predicted molar refractivity (Wildman–Crippen MR) is 91.8 cm³/mol. The Morgan fingerprint density at radius 1 is 1.33 bits per heavy atom. The van der Waals surface area contributed by atoms with Gasteiger partial charge in [-0.05, 0) is 32.0 Å². The summed E-state index contributed by atoms with van der Waals surface area (Å²) in [5.74, 6) is 0. The van der Waals surface area contributed by atoms with Gasteiger partial charge in [-0.2, -0.15) is 5.10 Å². The van der Waals surface area contributed by atoms with E-state index in [4.69, 9.17) is 0 Å². The zero-order chi connectivity index (χ0) is 17.2. The average Bonchev–Trinajstić information content (AvgIpc) is 3.14. The van der Waals surface area contributed by atoms with Crippen LogP contribution < -0.4 is 4.72 Å². The monoisotopic (exact) mass is 363 g/mol. The molecule has 0 bridgehead atoms. The molecule has 0 saturated heterocycles. The first kappa shape index (κ1) is 16.7. The van der Waals surface area contributed by atoms with Gasteiger partial charge in [-0.15, -0.1) is 11.3 Å². The molecule has 3 aromatic rings. The van der Waals surface area contributed by atoms with E-state index in [-0.39, 0.29) is 11.4 Å². The Morgan fingerprint density at radius 2 is 2.17 bits per heavy atom. The summed E-state index contributed by atoms with van der Waals surface area (Å²) in [5.41, 5.74) is 2.79. The van der Waals surface area contributed by atoms with Gasteiger partial charge in [0.2, 0.25) is 15.2 Å². The first-order valence-corrected chi connectivity index (χ1v) is 9.70. The van der Waals surface area contributed by atoms with Gasteiger partial charge in [-0.3, -0.25) is 4.98 Å². The molecule has 0 spiro atoms. The summed E-state index contributed by atoms with van der Waals surface area (Å²) in [6, 6.07) is 5.10. The van der Waals surface area contributed by atoms with E-state index in [1.54, 1.807) is 10.7 Å². The van der Waals surface area contributed by atoms with Crippen molar-refractivity contribution in [2.24, 2.45) is 0 Å². The minimum atomic E-state index is -3.53. The second-order valence-electron chi connectivity index (χ2n) is 5.30. The van der Waals surface area contributed by atoms with Crippen LogP contribution in [0, 0.1) is 13.8 Å². The van der Waals surface area contributed by atoms with Crippen LogP contribution in [0.1, 0.15) is 17.1 Å². The highest BCUT2D eigenvalue weighted by Crippen LogP contribution is 2.17. The fraction of sp³-hybridized carbons (Fsp3) is 0.267. The van der Waals surface area contributed by atoms with Crippen LogP contribution in [0.3, 0.4) is 0 Å². The van der Waals surface area contributed by atoms with Crippen molar-refractivity contribution >= 4 is 21.4 Å². The number of pyridine rings is 1. The fourth-order valence-electron chi connectivity index (χ4n) is 2.23. The summed E-state index contributed by atoms with van der Waals surface area (Å²) >= 11 is 1.49. The molecule has 0 atom stereocenters. The number of hydrogen-bond acceptors (Lipinski definition) is 6. The van der Waals surface area contributed by atoms with Gasteiger partial charge in [-0.25, -0.2) is 22.8 Å².